The van der Waals surface area contributed by atoms with Gasteiger partial charge in [0, 0.05) is 27.8 Å². The number of halogens is 1. The molecule has 0 unspecified atom stereocenters. The first-order chi connectivity index (χ1) is 10.0. The van der Waals surface area contributed by atoms with Crippen LogP contribution in [0.2, 0.25) is 0 Å². The fourth-order valence-electron chi connectivity index (χ4n) is 1.86. The Morgan fingerprint density at radius 1 is 1.24 bits per heavy atom. The lowest BCUT2D eigenvalue weighted by Crippen LogP contribution is -2.25. The van der Waals surface area contributed by atoms with E-state index in [0.29, 0.717) is 18.0 Å². The Kier molecular flexibility index (Phi) is 5.95. The number of rotatable bonds is 7. The number of hydrogen-bond acceptors (Lipinski definition) is 4. The standard InChI is InChI=1S/C14H17BrN2O2S2/c1-2-16-8-11-5-3-4-6-14(11)21(18,19)17-9-13-7-12(15)10-20-13/h3-7,10,16-17H,2,8-9H2,1H3. The number of thiophene rings is 1. The highest BCUT2D eigenvalue weighted by molar-refractivity contribution is 9.10. The Labute approximate surface area is 137 Å². The molecule has 4 nitrogen and oxygen atoms in total. The Morgan fingerprint density at radius 2 is 2.00 bits per heavy atom. The van der Waals surface area contributed by atoms with Crippen LogP contribution >= 0.6 is 27.3 Å². The topological polar surface area (TPSA) is 58.2 Å². The maximum absolute atomic E-state index is 12.5. The Balaban J connectivity index is 2.15. The summed E-state index contributed by atoms with van der Waals surface area (Å²) in [5.74, 6) is 0. The van der Waals surface area contributed by atoms with Crippen LogP contribution in [0.15, 0.2) is 45.1 Å². The molecule has 2 N–H and O–H groups in total. The van der Waals surface area contributed by atoms with Gasteiger partial charge in [0.2, 0.25) is 10.0 Å². The summed E-state index contributed by atoms with van der Waals surface area (Å²) >= 11 is 4.88. The molecular weight excluding hydrogens is 372 g/mol. The van der Waals surface area contributed by atoms with Gasteiger partial charge < -0.3 is 5.32 Å². The van der Waals surface area contributed by atoms with Crippen LogP contribution in [0.3, 0.4) is 0 Å². The Bertz CT molecular complexity index is 699. The lowest BCUT2D eigenvalue weighted by atomic mass is 10.2. The summed E-state index contributed by atoms with van der Waals surface area (Å²) in [5.41, 5.74) is 0.777. The van der Waals surface area contributed by atoms with E-state index in [-0.39, 0.29) is 0 Å². The van der Waals surface area contributed by atoms with E-state index in [4.69, 9.17) is 0 Å². The molecule has 0 saturated carbocycles. The minimum atomic E-state index is -3.51. The van der Waals surface area contributed by atoms with Crippen molar-refractivity contribution in [3.8, 4) is 0 Å². The van der Waals surface area contributed by atoms with E-state index in [1.54, 1.807) is 12.1 Å². The first-order valence-electron chi connectivity index (χ1n) is 6.54. The molecule has 0 spiro atoms. The van der Waals surface area contributed by atoms with Crippen LogP contribution in [0.4, 0.5) is 0 Å². The molecular formula is C14H17BrN2O2S2. The SMILES string of the molecule is CCNCc1ccccc1S(=O)(=O)NCc1cc(Br)cs1. The fourth-order valence-corrected chi connectivity index (χ4v) is 4.59. The van der Waals surface area contributed by atoms with Gasteiger partial charge in [-0.25, -0.2) is 13.1 Å². The van der Waals surface area contributed by atoms with Gasteiger partial charge in [-0.2, -0.15) is 0 Å². The molecule has 0 saturated heterocycles. The lowest BCUT2D eigenvalue weighted by molar-refractivity contribution is 0.579. The maximum Gasteiger partial charge on any atom is 0.241 e. The van der Waals surface area contributed by atoms with E-state index in [1.807, 2.05) is 30.5 Å². The van der Waals surface area contributed by atoms with Gasteiger partial charge in [-0.05, 0) is 40.2 Å². The van der Waals surface area contributed by atoms with Crippen molar-refractivity contribution < 1.29 is 8.42 Å². The second-order valence-corrected chi connectivity index (χ2v) is 8.09. The van der Waals surface area contributed by atoms with E-state index in [9.17, 15) is 8.42 Å². The summed E-state index contributed by atoms with van der Waals surface area (Å²) in [5, 5.41) is 5.09. The highest BCUT2D eigenvalue weighted by Crippen LogP contribution is 2.21. The molecule has 0 fully saturated rings. The molecule has 2 rings (SSSR count). The van der Waals surface area contributed by atoms with Crippen LogP contribution in [-0.2, 0) is 23.1 Å². The van der Waals surface area contributed by atoms with E-state index < -0.39 is 10.0 Å². The van der Waals surface area contributed by atoms with Crippen molar-refractivity contribution in [1.82, 2.24) is 10.0 Å². The summed E-state index contributed by atoms with van der Waals surface area (Å²) in [6, 6.07) is 8.98. The number of hydrogen-bond donors (Lipinski definition) is 2. The molecule has 1 aromatic heterocycles. The third-order valence-electron chi connectivity index (χ3n) is 2.89. The minimum Gasteiger partial charge on any atom is -0.313 e. The van der Waals surface area contributed by atoms with Gasteiger partial charge >= 0.3 is 0 Å². The molecule has 0 atom stereocenters. The van der Waals surface area contributed by atoms with E-state index in [2.05, 4.69) is 26.0 Å². The first kappa shape index (κ1) is 16.6. The van der Waals surface area contributed by atoms with Crippen LogP contribution in [0.25, 0.3) is 0 Å². The molecule has 21 heavy (non-hydrogen) atoms. The predicted octanol–water partition coefficient (Wildman–Crippen LogP) is 3.10. The second-order valence-electron chi connectivity index (χ2n) is 4.44. The van der Waals surface area contributed by atoms with Gasteiger partial charge in [-0.1, -0.05) is 25.1 Å². The van der Waals surface area contributed by atoms with Gasteiger partial charge in [-0.3, -0.25) is 0 Å². The predicted molar refractivity (Wildman–Crippen MR) is 89.9 cm³/mol. The van der Waals surface area contributed by atoms with E-state index in [0.717, 1.165) is 21.5 Å². The quantitative estimate of drug-likeness (QED) is 0.765. The van der Waals surface area contributed by atoms with Gasteiger partial charge in [0.25, 0.3) is 0 Å². The Hall–Kier alpha value is -0.730. The first-order valence-corrected chi connectivity index (χ1v) is 9.69. The van der Waals surface area contributed by atoms with Crippen LogP contribution in [0, 0.1) is 0 Å². The second kappa shape index (κ2) is 7.51. The van der Waals surface area contributed by atoms with Crippen molar-refractivity contribution in [2.24, 2.45) is 0 Å². The number of benzene rings is 1. The van der Waals surface area contributed by atoms with Gasteiger partial charge in [0.1, 0.15) is 0 Å². The molecule has 0 amide bonds. The summed E-state index contributed by atoms with van der Waals surface area (Å²) in [6.45, 7) is 3.63. The molecule has 2 aromatic rings. The molecule has 7 heteroatoms. The summed E-state index contributed by atoms with van der Waals surface area (Å²) in [4.78, 5) is 1.30. The van der Waals surface area contributed by atoms with E-state index >= 15 is 0 Å². The largest absolute Gasteiger partial charge is 0.313 e. The Morgan fingerprint density at radius 3 is 2.67 bits per heavy atom. The maximum atomic E-state index is 12.5. The molecule has 0 bridgehead atoms. The zero-order valence-electron chi connectivity index (χ0n) is 11.6. The monoisotopic (exact) mass is 388 g/mol. The molecule has 1 aromatic carbocycles. The van der Waals surface area contributed by atoms with E-state index in [1.165, 1.54) is 11.3 Å². The van der Waals surface area contributed by atoms with Crippen molar-refractivity contribution in [2.75, 3.05) is 6.54 Å². The highest BCUT2D eigenvalue weighted by Gasteiger charge is 2.17. The number of nitrogens with one attached hydrogen (secondary N) is 2. The van der Waals surface area contributed by atoms with Gasteiger partial charge in [0.05, 0.1) is 4.90 Å². The van der Waals surface area contributed by atoms with Crippen LogP contribution in [0.1, 0.15) is 17.4 Å². The molecule has 0 aliphatic heterocycles. The van der Waals surface area contributed by atoms with Crippen molar-refractivity contribution in [3.05, 3.63) is 50.6 Å². The minimum absolute atomic E-state index is 0.300. The van der Waals surface area contributed by atoms with Crippen molar-refractivity contribution in [1.29, 1.82) is 0 Å². The zero-order valence-corrected chi connectivity index (χ0v) is 14.8. The third-order valence-corrected chi connectivity index (χ3v) is 6.09. The summed E-state index contributed by atoms with van der Waals surface area (Å²) in [7, 11) is -3.51. The third kappa shape index (κ3) is 4.62. The van der Waals surface area contributed by atoms with Crippen LogP contribution in [0.5, 0.6) is 0 Å². The summed E-state index contributed by atoms with van der Waals surface area (Å²) in [6.07, 6.45) is 0. The molecule has 0 radical (unpaired) electrons. The number of sulfonamides is 1. The molecule has 114 valence electrons. The van der Waals surface area contributed by atoms with Crippen LogP contribution < -0.4 is 10.0 Å². The average Bonchev–Trinajstić information content (AvgIpc) is 2.89. The van der Waals surface area contributed by atoms with Crippen LogP contribution in [-0.4, -0.2) is 15.0 Å². The smallest absolute Gasteiger partial charge is 0.241 e. The molecule has 0 aliphatic rings. The zero-order chi connectivity index (χ0) is 15.3. The highest BCUT2D eigenvalue weighted by atomic mass is 79.9. The fraction of sp³-hybridized carbons (Fsp3) is 0.286. The lowest BCUT2D eigenvalue weighted by Gasteiger charge is -2.11. The summed E-state index contributed by atoms with van der Waals surface area (Å²) < 4.78 is 28.5. The average molecular weight is 389 g/mol. The normalized spacial score (nSPS) is 11.7. The molecule has 0 aliphatic carbocycles. The van der Waals surface area contributed by atoms with Crippen molar-refractivity contribution in [3.63, 3.8) is 0 Å². The van der Waals surface area contributed by atoms with Crippen molar-refractivity contribution in [2.45, 2.75) is 24.9 Å². The van der Waals surface area contributed by atoms with Gasteiger partial charge in [-0.15, -0.1) is 11.3 Å². The molecule has 1 heterocycles. The van der Waals surface area contributed by atoms with Gasteiger partial charge in [0.15, 0.2) is 0 Å². The van der Waals surface area contributed by atoms with Crippen molar-refractivity contribution >= 4 is 37.3 Å².